The van der Waals surface area contributed by atoms with E-state index in [4.69, 9.17) is 0 Å². The molecule has 0 spiro atoms. The van der Waals surface area contributed by atoms with E-state index < -0.39 is 10.0 Å². The Kier molecular flexibility index (Phi) is 6.03. The summed E-state index contributed by atoms with van der Waals surface area (Å²) in [5, 5.41) is 26.4. The van der Waals surface area contributed by atoms with Crippen LogP contribution < -0.4 is 10.1 Å². The normalized spacial score (nSPS) is 11.7. The Balaban J connectivity index is 1.96. The number of carbonyl (C=O) groups excluding carboxylic acids is 1. The van der Waals surface area contributed by atoms with Crippen LogP contribution in [0.4, 0.5) is 5.69 Å². The molecule has 3 aromatic rings. The zero-order valence-corrected chi connectivity index (χ0v) is 16.7. The summed E-state index contributed by atoms with van der Waals surface area (Å²) in [6.45, 7) is 1.35. The quantitative estimate of drug-likeness (QED) is 0.357. The number of nitrogens with one attached hydrogen (secondary N) is 2. The van der Waals surface area contributed by atoms with Crippen LogP contribution in [0, 0.1) is 0 Å². The maximum atomic E-state index is 12.7. The first-order chi connectivity index (χ1) is 14.3. The number of phenolic OH excluding ortho intramolecular Hbond substituents is 2. The molecule has 0 aliphatic rings. The van der Waals surface area contributed by atoms with Crippen LogP contribution in [0.1, 0.15) is 18.1 Å². The zero-order valence-electron chi connectivity index (χ0n) is 15.9. The molecule has 8 nitrogen and oxygen atoms in total. The number of nitrogens with zero attached hydrogens (tertiary/aromatic N) is 1. The minimum Gasteiger partial charge on any atom is -0.508 e. The van der Waals surface area contributed by atoms with Gasteiger partial charge < -0.3 is 15.5 Å². The molecule has 9 heteroatoms. The molecule has 3 rings (SSSR count). The summed E-state index contributed by atoms with van der Waals surface area (Å²) in [5.74, 6) is -0.658. The molecule has 154 valence electrons. The molecule has 3 aromatic carbocycles. The summed E-state index contributed by atoms with van der Waals surface area (Å²) in [7, 11) is -4.02. The molecule has 0 aromatic heterocycles. The van der Waals surface area contributed by atoms with Crippen molar-refractivity contribution in [3.63, 3.8) is 0 Å². The number of hydrogen-bond acceptors (Lipinski definition) is 6. The van der Waals surface area contributed by atoms with Crippen LogP contribution in [0.25, 0.3) is 0 Å². The van der Waals surface area contributed by atoms with Crippen LogP contribution in [0.2, 0.25) is 0 Å². The summed E-state index contributed by atoms with van der Waals surface area (Å²) in [6.07, 6.45) is 0. The highest BCUT2D eigenvalue weighted by Gasteiger charge is 2.17. The van der Waals surface area contributed by atoms with Gasteiger partial charge in [-0.1, -0.05) is 30.3 Å². The predicted molar refractivity (Wildman–Crippen MR) is 113 cm³/mol. The van der Waals surface area contributed by atoms with Gasteiger partial charge >= 0.3 is 0 Å². The molecule has 0 heterocycles. The van der Waals surface area contributed by atoms with Gasteiger partial charge in [0.1, 0.15) is 17.2 Å². The molecular formula is C21H19N3O5S. The van der Waals surface area contributed by atoms with Gasteiger partial charge in [-0.2, -0.15) is 18.4 Å². The van der Waals surface area contributed by atoms with Crippen molar-refractivity contribution in [1.82, 2.24) is 4.83 Å². The van der Waals surface area contributed by atoms with Crippen molar-refractivity contribution in [3.8, 4) is 11.5 Å². The molecule has 0 unspecified atom stereocenters. The van der Waals surface area contributed by atoms with Gasteiger partial charge in [0.15, 0.2) is 0 Å². The standard InChI is InChI=1S/C21H19N3O5S/c1-14(25)22-16-7-10-18(11-8-16)30(28,29)24-23-21(15-5-3-2-4-6-15)19-12-9-17(26)13-20(19)27/h2-13,24,26-27H,1H3,(H,22,25). The van der Waals surface area contributed by atoms with Crippen molar-refractivity contribution in [2.24, 2.45) is 5.10 Å². The molecule has 0 fully saturated rings. The molecule has 0 saturated heterocycles. The minimum absolute atomic E-state index is 0.0531. The van der Waals surface area contributed by atoms with Gasteiger partial charge in [-0.15, -0.1) is 0 Å². The first kappa shape index (κ1) is 20.9. The summed E-state index contributed by atoms with van der Waals surface area (Å²) in [5.41, 5.74) is 1.43. The van der Waals surface area contributed by atoms with Crippen LogP contribution in [0.15, 0.2) is 82.8 Å². The first-order valence-electron chi connectivity index (χ1n) is 8.81. The number of carbonyl (C=O) groups is 1. The number of amides is 1. The summed E-state index contributed by atoms with van der Waals surface area (Å²) >= 11 is 0. The number of hydrogen-bond donors (Lipinski definition) is 4. The molecule has 0 radical (unpaired) electrons. The van der Waals surface area contributed by atoms with Gasteiger partial charge in [0.2, 0.25) is 5.91 Å². The largest absolute Gasteiger partial charge is 0.508 e. The van der Waals surface area contributed by atoms with Gasteiger partial charge in [0.25, 0.3) is 10.0 Å². The molecule has 1 amide bonds. The Morgan fingerprint density at radius 3 is 2.20 bits per heavy atom. The van der Waals surface area contributed by atoms with E-state index in [0.29, 0.717) is 11.3 Å². The minimum atomic E-state index is -4.02. The number of phenols is 2. The van der Waals surface area contributed by atoms with Crippen LogP contribution in [0.5, 0.6) is 11.5 Å². The fraction of sp³-hybridized carbons (Fsp3) is 0.0476. The van der Waals surface area contributed by atoms with Crippen molar-refractivity contribution in [2.45, 2.75) is 11.8 Å². The number of rotatable bonds is 6. The molecule has 0 aliphatic heterocycles. The smallest absolute Gasteiger partial charge is 0.276 e. The second-order valence-electron chi connectivity index (χ2n) is 6.33. The molecule has 4 N–H and O–H groups in total. The van der Waals surface area contributed by atoms with Crippen LogP contribution in [-0.2, 0) is 14.8 Å². The van der Waals surface area contributed by atoms with E-state index in [1.54, 1.807) is 30.3 Å². The van der Waals surface area contributed by atoms with Crippen molar-refractivity contribution in [1.29, 1.82) is 0 Å². The topological polar surface area (TPSA) is 128 Å². The van der Waals surface area contributed by atoms with E-state index in [1.807, 2.05) is 0 Å². The monoisotopic (exact) mass is 425 g/mol. The lowest BCUT2D eigenvalue weighted by Crippen LogP contribution is -2.21. The average molecular weight is 425 g/mol. The van der Waals surface area contributed by atoms with Crippen molar-refractivity contribution < 1.29 is 23.4 Å². The number of aromatic hydroxyl groups is 2. The Hall–Kier alpha value is -3.85. The van der Waals surface area contributed by atoms with E-state index in [1.165, 1.54) is 43.3 Å². The fourth-order valence-corrected chi connectivity index (χ4v) is 3.49. The van der Waals surface area contributed by atoms with Gasteiger partial charge in [0.05, 0.1) is 4.90 Å². The van der Waals surface area contributed by atoms with Crippen molar-refractivity contribution in [2.75, 3.05) is 5.32 Å². The van der Waals surface area contributed by atoms with Crippen LogP contribution in [0.3, 0.4) is 0 Å². The molecule has 0 bridgehead atoms. The molecule has 0 atom stereocenters. The van der Waals surface area contributed by atoms with Gasteiger partial charge in [0, 0.05) is 29.8 Å². The summed E-state index contributed by atoms with van der Waals surface area (Å²) in [4.78, 5) is 13.2. The highest BCUT2D eigenvalue weighted by Crippen LogP contribution is 2.25. The first-order valence-corrected chi connectivity index (χ1v) is 10.3. The molecule has 30 heavy (non-hydrogen) atoms. The number of anilines is 1. The van der Waals surface area contributed by atoms with Crippen LogP contribution >= 0.6 is 0 Å². The van der Waals surface area contributed by atoms with Gasteiger partial charge in [-0.05, 0) is 36.4 Å². The second-order valence-corrected chi connectivity index (χ2v) is 7.99. The second kappa shape index (κ2) is 8.66. The maximum absolute atomic E-state index is 12.7. The Morgan fingerprint density at radius 2 is 1.60 bits per heavy atom. The van der Waals surface area contributed by atoms with E-state index in [0.717, 1.165) is 6.07 Å². The Labute approximate surface area is 173 Å². The van der Waals surface area contributed by atoms with E-state index in [-0.39, 0.29) is 33.6 Å². The molecule has 0 saturated carbocycles. The van der Waals surface area contributed by atoms with Crippen molar-refractivity contribution in [3.05, 3.63) is 83.9 Å². The third-order valence-electron chi connectivity index (χ3n) is 4.05. The summed E-state index contributed by atoms with van der Waals surface area (Å²) < 4.78 is 25.3. The predicted octanol–water partition coefficient (Wildman–Crippen LogP) is 2.79. The Bertz CT molecular complexity index is 1190. The third kappa shape index (κ3) is 4.95. The highest BCUT2D eigenvalue weighted by atomic mass is 32.2. The van der Waals surface area contributed by atoms with Gasteiger partial charge in [-0.25, -0.2) is 0 Å². The average Bonchev–Trinajstić information content (AvgIpc) is 2.70. The highest BCUT2D eigenvalue weighted by molar-refractivity contribution is 7.89. The van der Waals surface area contributed by atoms with E-state index in [9.17, 15) is 23.4 Å². The molecule has 0 aliphatic carbocycles. The lowest BCUT2D eigenvalue weighted by molar-refractivity contribution is -0.114. The van der Waals surface area contributed by atoms with E-state index >= 15 is 0 Å². The van der Waals surface area contributed by atoms with Gasteiger partial charge in [-0.3, -0.25) is 4.79 Å². The summed E-state index contributed by atoms with van der Waals surface area (Å²) in [6, 6.07) is 18.2. The van der Waals surface area contributed by atoms with E-state index in [2.05, 4.69) is 15.2 Å². The lowest BCUT2D eigenvalue weighted by Gasteiger charge is -2.11. The fourth-order valence-electron chi connectivity index (χ4n) is 2.68. The lowest BCUT2D eigenvalue weighted by atomic mass is 10.0. The number of sulfonamides is 1. The number of benzene rings is 3. The van der Waals surface area contributed by atoms with Crippen LogP contribution in [-0.4, -0.2) is 30.2 Å². The van der Waals surface area contributed by atoms with Crippen molar-refractivity contribution >= 4 is 27.3 Å². The Morgan fingerprint density at radius 1 is 0.933 bits per heavy atom. The zero-order chi connectivity index (χ0) is 21.7. The molecular weight excluding hydrogens is 406 g/mol. The SMILES string of the molecule is CC(=O)Nc1ccc(S(=O)(=O)NN=C(c2ccccc2)c2ccc(O)cc2O)cc1. The third-order valence-corrected chi connectivity index (χ3v) is 5.27. The maximum Gasteiger partial charge on any atom is 0.276 e. The number of hydrazone groups is 1.